The predicted octanol–water partition coefficient (Wildman–Crippen LogP) is 3.36. The van der Waals surface area contributed by atoms with Crippen molar-refractivity contribution < 1.29 is 9.59 Å². The van der Waals surface area contributed by atoms with Crippen molar-refractivity contribution in [1.82, 2.24) is 19.4 Å². The molecule has 2 aliphatic heterocycles. The Morgan fingerprint density at radius 3 is 2.69 bits per heavy atom. The average molecular weight is 395 g/mol. The Kier molecular flexibility index (Phi) is 5.69. The van der Waals surface area contributed by atoms with E-state index in [2.05, 4.69) is 11.9 Å². The minimum Gasteiger partial charge on any atom is -0.337 e. The summed E-state index contributed by atoms with van der Waals surface area (Å²) >= 11 is 0. The Labute approximate surface area is 172 Å². The Hall–Kier alpha value is -2.63. The number of fused-ring (bicyclic) bond motifs is 1. The maximum absolute atomic E-state index is 13.2. The van der Waals surface area contributed by atoms with Crippen LogP contribution in [0.5, 0.6) is 0 Å². The van der Waals surface area contributed by atoms with Crippen molar-refractivity contribution in [1.29, 1.82) is 0 Å². The molecule has 29 heavy (non-hydrogen) atoms. The highest BCUT2D eigenvalue weighted by Crippen LogP contribution is 2.25. The Bertz CT molecular complexity index is 890. The molecule has 1 saturated heterocycles. The predicted molar refractivity (Wildman–Crippen MR) is 112 cm³/mol. The Balaban J connectivity index is 1.60. The van der Waals surface area contributed by atoms with Crippen LogP contribution in [0, 0.1) is 5.92 Å². The second kappa shape index (κ2) is 8.39. The van der Waals surface area contributed by atoms with Gasteiger partial charge in [-0.3, -0.25) is 9.59 Å². The van der Waals surface area contributed by atoms with E-state index >= 15 is 0 Å². The van der Waals surface area contributed by atoms with Crippen LogP contribution in [0.3, 0.4) is 0 Å². The molecule has 1 fully saturated rings. The molecule has 0 N–H and O–H groups in total. The normalized spacial score (nSPS) is 19.0. The zero-order valence-electron chi connectivity index (χ0n) is 17.4. The largest absolute Gasteiger partial charge is 0.337 e. The number of piperidine rings is 1. The molecule has 1 atom stereocenters. The van der Waals surface area contributed by atoms with Crippen LogP contribution in [0.1, 0.15) is 65.0 Å². The molecule has 154 valence electrons. The van der Waals surface area contributed by atoms with Crippen molar-refractivity contribution >= 4 is 11.8 Å². The van der Waals surface area contributed by atoms with Crippen LogP contribution in [-0.2, 0) is 19.5 Å². The van der Waals surface area contributed by atoms with Crippen LogP contribution < -0.4 is 0 Å². The number of carbonyl (C=O) groups excluding carboxylic acids is 2. The first-order chi connectivity index (χ1) is 14.0. The van der Waals surface area contributed by atoms with Gasteiger partial charge in [0.2, 0.25) is 0 Å². The van der Waals surface area contributed by atoms with Gasteiger partial charge in [0.15, 0.2) is 5.82 Å². The number of likely N-dealkylation sites (tertiary alicyclic amines) is 1. The van der Waals surface area contributed by atoms with E-state index in [9.17, 15) is 9.59 Å². The molecule has 2 aliphatic rings. The standard InChI is InChI=1S/C23H30N4O2/c1-17-9-8-13-26(15-17)22(28)20-19-12-6-7-14-27(19)21(24-20)23(29)25(2)16-18-10-4-3-5-11-18/h3-5,10-11,17H,6-9,12-16H2,1-2H3. The van der Waals surface area contributed by atoms with Gasteiger partial charge in [-0.15, -0.1) is 0 Å². The lowest BCUT2D eigenvalue weighted by Gasteiger charge is -2.30. The molecule has 3 heterocycles. The summed E-state index contributed by atoms with van der Waals surface area (Å²) in [6.45, 7) is 5.03. The maximum atomic E-state index is 13.2. The third-order valence-corrected chi connectivity index (χ3v) is 6.07. The number of carbonyl (C=O) groups is 2. The van der Waals surface area contributed by atoms with Gasteiger partial charge in [-0.2, -0.15) is 0 Å². The zero-order chi connectivity index (χ0) is 20.4. The molecule has 2 aromatic rings. The van der Waals surface area contributed by atoms with Gasteiger partial charge >= 0.3 is 0 Å². The quantitative estimate of drug-likeness (QED) is 0.799. The van der Waals surface area contributed by atoms with Crippen LogP contribution in [0.25, 0.3) is 0 Å². The smallest absolute Gasteiger partial charge is 0.289 e. The first-order valence-electron chi connectivity index (χ1n) is 10.7. The number of imidazole rings is 1. The molecule has 0 bridgehead atoms. The topological polar surface area (TPSA) is 58.4 Å². The second-order valence-corrected chi connectivity index (χ2v) is 8.48. The van der Waals surface area contributed by atoms with E-state index in [4.69, 9.17) is 0 Å². The van der Waals surface area contributed by atoms with Crippen LogP contribution in [0.4, 0.5) is 0 Å². The summed E-state index contributed by atoms with van der Waals surface area (Å²) in [6.07, 6.45) is 5.07. The third-order valence-electron chi connectivity index (χ3n) is 6.07. The molecular weight excluding hydrogens is 364 g/mol. The highest BCUT2D eigenvalue weighted by atomic mass is 16.2. The number of rotatable bonds is 4. The summed E-state index contributed by atoms with van der Waals surface area (Å²) < 4.78 is 1.99. The summed E-state index contributed by atoms with van der Waals surface area (Å²) in [5.41, 5.74) is 2.51. The number of hydrogen-bond donors (Lipinski definition) is 0. The molecule has 0 aliphatic carbocycles. The molecule has 1 aromatic carbocycles. The van der Waals surface area contributed by atoms with Gasteiger partial charge in [0.1, 0.15) is 5.69 Å². The molecule has 4 rings (SSSR count). The highest BCUT2D eigenvalue weighted by molar-refractivity contribution is 5.97. The third kappa shape index (κ3) is 4.07. The molecule has 1 unspecified atom stereocenters. The molecule has 0 saturated carbocycles. The van der Waals surface area contributed by atoms with Gasteiger partial charge in [-0.1, -0.05) is 37.3 Å². The van der Waals surface area contributed by atoms with Crippen molar-refractivity contribution in [2.75, 3.05) is 20.1 Å². The van der Waals surface area contributed by atoms with Gasteiger partial charge in [0.25, 0.3) is 11.8 Å². The summed E-state index contributed by atoms with van der Waals surface area (Å²) in [4.78, 5) is 34.7. The van der Waals surface area contributed by atoms with E-state index in [1.54, 1.807) is 11.9 Å². The van der Waals surface area contributed by atoms with Crippen LogP contribution in [0.2, 0.25) is 0 Å². The van der Waals surface area contributed by atoms with Crippen LogP contribution in [-0.4, -0.2) is 51.3 Å². The number of hydrogen-bond acceptors (Lipinski definition) is 3. The zero-order valence-corrected chi connectivity index (χ0v) is 17.4. The first kappa shape index (κ1) is 19.7. The van der Waals surface area contributed by atoms with Gasteiger partial charge in [0, 0.05) is 33.2 Å². The van der Waals surface area contributed by atoms with E-state index < -0.39 is 0 Å². The van der Waals surface area contributed by atoms with E-state index in [0.717, 1.165) is 56.6 Å². The van der Waals surface area contributed by atoms with E-state index in [1.807, 2.05) is 39.8 Å². The summed E-state index contributed by atoms with van der Waals surface area (Å²) in [6, 6.07) is 9.94. The molecule has 6 nitrogen and oxygen atoms in total. The lowest BCUT2D eigenvalue weighted by Crippen LogP contribution is -2.39. The fraction of sp³-hybridized carbons (Fsp3) is 0.522. The van der Waals surface area contributed by atoms with Crippen LogP contribution >= 0.6 is 0 Å². The van der Waals surface area contributed by atoms with E-state index in [0.29, 0.717) is 24.0 Å². The van der Waals surface area contributed by atoms with Crippen molar-refractivity contribution in [3.8, 4) is 0 Å². The lowest BCUT2D eigenvalue weighted by molar-refractivity contribution is 0.0676. The van der Waals surface area contributed by atoms with Gasteiger partial charge in [-0.05, 0) is 43.6 Å². The summed E-state index contributed by atoms with van der Waals surface area (Å²) in [7, 11) is 1.80. The highest BCUT2D eigenvalue weighted by Gasteiger charge is 2.32. The Morgan fingerprint density at radius 1 is 1.14 bits per heavy atom. The number of nitrogens with zero attached hydrogens (tertiary/aromatic N) is 4. The minimum atomic E-state index is -0.122. The molecule has 6 heteroatoms. The molecule has 0 radical (unpaired) electrons. The van der Waals surface area contributed by atoms with Crippen molar-refractivity contribution in [2.45, 2.75) is 52.1 Å². The van der Waals surface area contributed by atoms with Gasteiger partial charge in [-0.25, -0.2) is 4.98 Å². The van der Waals surface area contributed by atoms with Gasteiger partial charge in [0.05, 0.1) is 5.69 Å². The Morgan fingerprint density at radius 2 is 1.93 bits per heavy atom. The fourth-order valence-electron chi connectivity index (χ4n) is 4.50. The minimum absolute atomic E-state index is 0.00744. The second-order valence-electron chi connectivity index (χ2n) is 8.48. The number of amides is 2. The van der Waals surface area contributed by atoms with Gasteiger partial charge < -0.3 is 14.4 Å². The lowest BCUT2D eigenvalue weighted by atomic mass is 9.99. The molecular formula is C23H30N4O2. The number of benzene rings is 1. The van der Waals surface area contributed by atoms with E-state index in [1.165, 1.54) is 6.42 Å². The summed E-state index contributed by atoms with van der Waals surface area (Å²) in [5, 5.41) is 0. The van der Waals surface area contributed by atoms with E-state index in [-0.39, 0.29) is 11.8 Å². The SMILES string of the molecule is CC1CCCN(C(=O)c2nc(C(=O)N(C)Cc3ccccc3)n3c2CCCC3)C1. The fourth-order valence-corrected chi connectivity index (χ4v) is 4.50. The molecule has 0 spiro atoms. The molecule has 1 aromatic heterocycles. The number of aromatic nitrogens is 2. The molecule has 2 amide bonds. The average Bonchev–Trinajstić information content (AvgIpc) is 3.13. The van der Waals surface area contributed by atoms with Crippen molar-refractivity contribution in [2.24, 2.45) is 5.92 Å². The maximum Gasteiger partial charge on any atom is 0.289 e. The monoisotopic (exact) mass is 394 g/mol. The summed E-state index contributed by atoms with van der Waals surface area (Å²) in [5.74, 6) is 0.797. The van der Waals surface area contributed by atoms with Crippen LogP contribution in [0.15, 0.2) is 30.3 Å². The first-order valence-corrected chi connectivity index (χ1v) is 10.7. The van der Waals surface area contributed by atoms with Crippen molar-refractivity contribution in [3.05, 3.63) is 53.1 Å². The van der Waals surface area contributed by atoms with Crippen molar-refractivity contribution in [3.63, 3.8) is 0 Å².